The summed E-state index contributed by atoms with van der Waals surface area (Å²) in [6, 6.07) is 5.95. The average molecular weight is 476 g/mol. The average Bonchev–Trinajstić information content (AvgIpc) is 2.75. The van der Waals surface area contributed by atoms with Crippen molar-refractivity contribution in [1.82, 2.24) is 14.6 Å². The first-order valence-electron chi connectivity index (χ1n) is 10.2. The van der Waals surface area contributed by atoms with Crippen molar-refractivity contribution in [2.24, 2.45) is 0 Å². The van der Waals surface area contributed by atoms with E-state index in [2.05, 4.69) is 9.71 Å². The third-order valence-electron chi connectivity index (χ3n) is 5.20. The maximum Gasteiger partial charge on any atom is 0.265 e. The molecule has 0 spiro atoms. The number of aromatic nitrogens is 1. The Labute approximate surface area is 192 Å². The van der Waals surface area contributed by atoms with Crippen molar-refractivity contribution in [2.75, 3.05) is 14.2 Å². The van der Waals surface area contributed by atoms with Gasteiger partial charge in [-0.05, 0) is 58.5 Å². The highest BCUT2D eigenvalue weighted by molar-refractivity contribution is 7.94. The van der Waals surface area contributed by atoms with Gasteiger partial charge in [-0.1, -0.05) is 13.8 Å². The van der Waals surface area contributed by atoms with E-state index in [0.717, 1.165) is 0 Å². The molecule has 0 saturated heterocycles. The number of allylic oxidation sites excluding steroid dienone is 1. The fraction of sp³-hybridized carbons (Fsp3) is 0.304. The van der Waals surface area contributed by atoms with Crippen LogP contribution in [0.15, 0.2) is 53.7 Å². The molecule has 1 aliphatic heterocycles. The number of pyridine rings is 1. The molecule has 1 amide bonds. The zero-order chi connectivity index (χ0) is 24.3. The molecule has 2 heterocycles. The normalized spacial score (nSPS) is 16.0. The van der Waals surface area contributed by atoms with E-state index in [1.54, 1.807) is 12.1 Å². The number of rotatable bonds is 7. The number of methoxy groups -OCH3 is 1. The molecule has 176 valence electrons. The number of amides is 1. The van der Waals surface area contributed by atoms with Crippen LogP contribution < -0.4 is 9.46 Å². The number of nitrogens with zero attached hydrogens (tertiary/aromatic N) is 2. The van der Waals surface area contributed by atoms with E-state index < -0.39 is 28.0 Å². The molecule has 3 rings (SSSR count). The van der Waals surface area contributed by atoms with Crippen LogP contribution in [0.25, 0.3) is 11.1 Å². The molecule has 8 nitrogen and oxygen atoms in total. The standard InChI is InChI=1S/C23H26FN3O5S/c1-14(2)18-10-16(24)11-19(15-7-8-25-22(9-15)32-4)20(18)12-21(28)26-33(30,31)17-5-6-23(29)27(3)13-17/h5-11,13-14,23,29H,12H2,1-4H3,(H,26,28). The Morgan fingerprint density at radius 3 is 2.70 bits per heavy atom. The van der Waals surface area contributed by atoms with Crippen molar-refractivity contribution in [3.05, 3.63) is 70.7 Å². The predicted octanol–water partition coefficient (Wildman–Crippen LogP) is 2.67. The number of benzene rings is 1. The molecule has 0 aliphatic carbocycles. The summed E-state index contributed by atoms with van der Waals surface area (Å²) in [5, 5.41) is 9.69. The van der Waals surface area contributed by atoms with Gasteiger partial charge in [-0.2, -0.15) is 0 Å². The Morgan fingerprint density at radius 1 is 1.33 bits per heavy atom. The van der Waals surface area contributed by atoms with Crippen LogP contribution in [0.2, 0.25) is 0 Å². The first kappa shape index (κ1) is 24.4. The molecule has 0 fully saturated rings. The number of aliphatic hydroxyl groups excluding tert-OH is 1. The van der Waals surface area contributed by atoms with E-state index in [4.69, 9.17) is 4.74 Å². The van der Waals surface area contributed by atoms with Crippen LogP contribution in [-0.2, 0) is 21.2 Å². The highest BCUT2D eigenvalue weighted by Gasteiger charge is 2.25. The summed E-state index contributed by atoms with van der Waals surface area (Å²) in [5.41, 5.74) is 2.13. The number of carbonyl (C=O) groups excluding carboxylic acids is 1. The Bertz CT molecular complexity index is 1220. The van der Waals surface area contributed by atoms with Gasteiger partial charge < -0.3 is 14.7 Å². The molecule has 10 heteroatoms. The van der Waals surface area contributed by atoms with Gasteiger partial charge in [0.25, 0.3) is 10.0 Å². The fourth-order valence-corrected chi connectivity index (χ4v) is 4.57. The Kier molecular flexibility index (Phi) is 7.19. The van der Waals surface area contributed by atoms with Gasteiger partial charge in [-0.3, -0.25) is 4.79 Å². The maximum absolute atomic E-state index is 14.5. The fourth-order valence-electron chi connectivity index (χ4n) is 3.52. The van der Waals surface area contributed by atoms with Gasteiger partial charge in [0.1, 0.15) is 17.0 Å². The summed E-state index contributed by atoms with van der Waals surface area (Å²) in [6.07, 6.45) is 4.02. The number of hydrogen-bond donors (Lipinski definition) is 2. The zero-order valence-electron chi connectivity index (χ0n) is 18.7. The van der Waals surface area contributed by atoms with E-state index in [0.29, 0.717) is 28.1 Å². The molecule has 1 atom stereocenters. The van der Waals surface area contributed by atoms with Crippen LogP contribution in [0.4, 0.5) is 4.39 Å². The molecule has 33 heavy (non-hydrogen) atoms. The molecule has 2 aromatic rings. The van der Waals surface area contributed by atoms with E-state index in [-0.39, 0.29) is 17.2 Å². The second kappa shape index (κ2) is 9.72. The third-order valence-corrected chi connectivity index (χ3v) is 6.56. The van der Waals surface area contributed by atoms with Gasteiger partial charge in [-0.25, -0.2) is 22.5 Å². The summed E-state index contributed by atoms with van der Waals surface area (Å²) in [5.74, 6) is -1.04. The molecule has 1 aliphatic rings. The lowest BCUT2D eigenvalue weighted by atomic mass is 9.88. The number of likely N-dealkylation sites (N-methyl/N-ethyl adjacent to an activating group) is 1. The Balaban J connectivity index is 1.98. The Hall–Kier alpha value is -3.24. The summed E-state index contributed by atoms with van der Waals surface area (Å²) in [4.78, 5) is 18.0. The molecule has 1 unspecified atom stereocenters. The number of aliphatic hydroxyl groups is 1. The molecule has 0 radical (unpaired) electrons. The van der Waals surface area contributed by atoms with Crippen molar-refractivity contribution in [3.8, 4) is 17.0 Å². The van der Waals surface area contributed by atoms with E-state index in [1.165, 1.54) is 55.7 Å². The van der Waals surface area contributed by atoms with Gasteiger partial charge >= 0.3 is 0 Å². The quantitative estimate of drug-likeness (QED) is 0.634. The summed E-state index contributed by atoms with van der Waals surface area (Å²) >= 11 is 0. The lowest BCUT2D eigenvalue weighted by Crippen LogP contribution is -2.35. The lowest BCUT2D eigenvalue weighted by Gasteiger charge is -2.23. The molecule has 2 N–H and O–H groups in total. The van der Waals surface area contributed by atoms with Gasteiger partial charge in [-0.15, -0.1) is 0 Å². The minimum absolute atomic E-state index is 0.123. The van der Waals surface area contributed by atoms with Crippen molar-refractivity contribution >= 4 is 15.9 Å². The van der Waals surface area contributed by atoms with Crippen LogP contribution in [0.5, 0.6) is 5.88 Å². The number of sulfonamides is 1. The SMILES string of the molecule is COc1cc(-c2cc(F)cc(C(C)C)c2CC(=O)NS(=O)(=O)C2=CN(C)C(O)C=C2)ccn1. The molecule has 0 saturated carbocycles. The highest BCUT2D eigenvalue weighted by Crippen LogP contribution is 2.33. The summed E-state index contributed by atoms with van der Waals surface area (Å²) < 4.78 is 47.1. The molecule has 1 aromatic heterocycles. The van der Waals surface area contributed by atoms with Gasteiger partial charge in [0.15, 0.2) is 0 Å². The molecule has 1 aromatic carbocycles. The van der Waals surface area contributed by atoms with Crippen LogP contribution in [0, 0.1) is 5.82 Å². The zero-order valence-corrected chi connectivity index (χ0v) is 19.6. The smallest absolute Gasteiger partial charge is 0.265 e. The van der Waals surface area contributed by atoms with Crippen molar-refractivity contribution in [1.29, 1.82) is 0 Å². The third kappa shape index (κ3) is 5.58. The lowest BCUT2D eigenvalue weighted by molar-refractivity contribution is -0.118. The minimum Gasteiger partial charge on any atom is -0.481 e. The number of carbonyl (C=O) groups is 1. The van der Waals surface area contributed by atoms with Crippen molar-refractivity contribution in [2.45, 2.75) is 32.4 Å². The number of ether oxygens (including phenoxy) is 1. The minimum atomic E-state index is -4.17. The number of halogens is 1. The first-order chi connectivity index (χ1) is 15.5. The second-order valence-corrected chi connectivity index (χ2v) is 9.62. The second-order valence-electron chi connectivity index (χ2n) is 7.94. The van der Waals surface area contributed by atoms with Gasteiger partial charge in [0.05, 0.1) is 13.5 Å². The van der Waals surface area contributed by atoms with Crippen molar-refractivity contribution in [3.63, 3.8) is 0 Å². The highest BCUT2D eigenvalue weighted by atomic mass is 32.2. The van der Waals surface area contributed by atoms with Crippen LogP contribution in [-0.4, -0.2) is 49.7 Å². The first-order valence-corrected chi connectivity index (χ1v) is 11.7. The number of hydrogen-bond acceptors (Lipinski definition) is 7. The summed E-state index contributed by atoms with van der Waals surface area (Å²) in [7, 11) is -1.20. The van der Waals surface area contributed by atoms with E-state index in [9.17, 15) is 22.7 Å². The topological polar surface area (TPSA) is 109 Å². The van der Waals surface area contributed by atoms with Crippen molar-refractivity contribution < 1.29 is 27.4 Å². The van der Waals surface area contributed by atoms with Gasteiger partial charge in [0.2, 0.25) is 11.8 Å². The maximum atomic E-state index is 14.5. The predicted molar refractivity (Wildman–Crippen MR) is 122 cm³/mol. The summed E-state index contributed by atoms with van der Waals surface area (Å²) in [6.45, 7) is 3.73. The molecular weight excluding hydrogens is 449 g/mol. The largest absolute Gasteiger partial charge is 0.481 e. The molecular formula is C23H26FN3O5S. The van der Waals surface area contributed by atoms with Gasteiger partial charge in [0, 0.05) is 25.5 Å². The van der Waals surface area contributed by atoms with Crippen LogP contribution in [0.1, 0.15) is 30.9 Å². The Morgan fingerprint density at radius 2 is 2.06 bits per heavy atom. The van der Waals surface area contributed by atoms with Crippen LogP contribution >= 0.6 is 0 Å². The van der Waals surface area contributed by atoms with Crippen LogP contribution in [0.3, 0.4) is 0 Å². The van der Waals surface area contributed by atoms with E-state index in [1.807, 2.05) is 13.8 Å². The monoisotopic (exact) mass is 475 g/mol. The van der Waals surface area contributed by atoms with E-state index >= 15 is 0 Å². The number of nitrogens with one attached hydrogen (secondary N) is 1. The molecule has 0 bridgehead atoms.